The van der Waals surface area contributed by atoms with Crippen molar-refractivity contribution in [1.29, 1.82) is 0 Å². The van der Waals surface area contributed by atoms with E-state index in [1.807, 2.05) is 0 Å². The molecule has 1 saturated heterocycles. The molecule has 0 aliphatic carbocycles. The molecular formula is C14H15NO9. The van der Waals surface area contributed by atoms with Gasteiger partial charge < -0.3 is 40.0 Å². The third-order valence-electron chi connectivity index (χ3n) is 3.66. The Morgan fingerprint density at radius 2 is 1.83 bits per heavy atom. The highest BCUT2D eigenvalue weighted by atomic mass is 16.8. The predicted molar refractivity (Wildman–Crippen MR) is 74.9 cm³/mol. The Bertz CT molecular complexity index is 651. The van der Waals surface area contributed by atoms with Crippen molar-refractivity contribution in [3.05, 3.63) is 24.3 Å². The maximum absolute atomic E-state index is 12.0. The number of para-hydroxylation sites is 2. The average molecular weight is 341 g/mol. The summed E-state index contributed by atoms with van der Waals surface area (Å²) >= 11 is 0. The average Bonchev–Trinajstić information content (AvgIpc) is 2.55. The highest BCUT2D eigenvalue weighted by molar-refractivity contribution is 5.96. The minimum absolute atomic E-state index is 0.308. The van der Waals surface area contributed by atoms with Crippen LogP contribution >= 0.6 is 0 Å². The Kier molecular flexibility index (Phi) is 4.39. The molecule has 1 amide bonds. The molecule has 24 heavy (non-hydrogen) atoms. The van der Waals surface area contributed by atoms with Gasteiger partial charge in [0.25, 0.3) is 12.2 Å². The molecule has 5 N–H and O–H groups in total. The van der Waals surface area contributed by atoms with Crippen LogP contribution in [0, 0.1) is 0 Å². The number of rotatable bonds is 3. The van der Waals surface area contributed by atoms with Gasteiger partial charge in [0.1, 0.15) is 24.1 Å². The Balaban J connectivity index is 1.75. The summed E-state index contributed by atoms with van der Waals surface area (Å²) in [6.07, 6.45) is -10.5. The molecule has 2 heterocycles. The van der Waals surface area contributed by atoms with Gasteiger partial charge in [-0.3, -0.25) is 4.79 Å². The summed E-state index contributed by atoms with van der Waals surface area (Å²) in [7, 11) is 0. The number of aliphatic carboxylic acids is 1. The molecule has 1 unspecified atom stereocenters. The number of amides is 1. The molecule has 0 aromatic heterocycles. The lowest BCUT2D eigenvalue weighted by Crippen LogP contribution is -2.61. The quantitative estimate of drug-likeness (QED) is 0.430. The van der Waals surface area contributed by atoms with Crippen LogP contribution in [0.5, 0.6) is 5.75 Å². The highest BCUT2D eigenvalue weighted by Gasteiger charge is 2.49. The fraction of sp³-hybridized carbons (Fsp3) is 0.429. The second-order valence-corrected chi connectivity index (χ2v) is 5.31. The number of benzene rings is 1. The minimum atomic E-state index is -1.85. The summed E-state index contributed by atoms with van der Waals surface area (Å²) in [6, 6.07) is 6.53. The zero-order valence-corrected chi connectivity index (χ0v) is 12.1. The van der Waals surface area contributed by atoms with Gasteiger partial charge in [0.15, 0.2) is 12.4 Å². The second-order valence-electron chi connectivity index (χ2n) is 5.31. The molecule has 0 radical (unpaired) electrons. The Morgan fingerprint density at radius 3 is 2.54 bits per heavy atom. The van der Waals surface area contributed by atoms with Crippen molar-refractivity contribution in [2.75, 3.05) is 5.32 Å². The number of carbonyl (C=O) groups excluding carboxylic acids is 1. The number of ether oxygens (including phenoxy) is 3. The topological polar surface area (TPSA) is 155 Å². The van der Waals surface area contributed by atoms with Gasteiger partial charge in [0.2, 0.25) is 0 Å². The van der Waals surface area contributed by atoms with E-state index < -0.39 is 48.9 Å². The third kappa shape index (κ3) is 2.92. The number of hydrogen-bond acceptors (Lipinski definition) is 8. The molecule has 10 heteroatoms. The largest absolute Gasteiger partial charge is 0.479 e. The van der Waals surface area contributed by atoms with Crippen molar-refractivity contribution in [2.45, 2.75) is 37.0 Å². The first kappa shape index (κ1) is 16.6. The summed E-state index contributed by atoms with van der Waals surface area (Å²) in [4.78, 5) is 23.0. The van der Waals surface area contributed by atoms with Crippen LogP contribution in [0.25, 0.3) is 0 Å². The van der Waals surface area contributed by atoms with Crippen molar-refractivity contribution in [3.63, 3.8) is 0 Å². The maximum Gasteiger partial charge on any atom is 0.335 e. The van der Waals surface area contributed by atoms with Gasteiger partial charge in [0, 0.05) is 0 Å². The molecule has 3 rings (SSSR count). The van der Waals surface area contributed by atoms with Crippen LogP contribution < -0.4 is 10.1 Å². The van der Waals surface area contributed by atoms with Crippen LogP contribution in [-0.2, 0) is 19.1 Å². The molecule has 0 spiro atoms. The van der Waals surface area contributed by atoms with Crippen molar-refractivity contribution in [3.8, 4) is 5.75 Å². The summed E-state index contributed by atoms with van der Waals surface area (Å²) in [5, 5.41) is 40.7. The van der Waals surface area contributed by atoms with E-state index in [0.29, 0.717) is 11.4 Å². The summed E-state index contributed by atoms with van der Waals surface area (Å²) in [5.41, 5.74) is 0.423. The molecular weight excluding hydrogens is 326 g/mol. The zero-order valence-electron chi connectivity index (χ0n) is 12.1. The first-order valence-corrected chi connectivity index (χ1v) is 7.03. The number of anilines is 1. The number of hydrogen-bond donors (Lipinski definition) is 5. The lowest BCUT2D eigenvalue weighted by atomic mass is 9.99. The Hall–Kier alpha value is -2.24. The molecule has 1 aromatic rings. The van der Waals surface area contributed by atoms with Crippen molar-refractivity contribution >= 4 is 17.6 Å². The third-order valence-corrected chi connectivity index (χ3v) is 3.66. The van der Waals surface area contributed by atoms with Crippen LogP contribution in [0.1, 0.15) is 0 Å². The van der Waals surface area contributed by atoms with Crippen LogP contribution in [0.4, 0.5) is 5.69 Å². The Labute approximate surface area is 135 Å². The van der Waals surface area contributed by atoms with E-state index in [0.717, 1.165) is 0 Å². The molecule has 6 atom stereocenters. The first-order chi connectivity index (χ1) is 11.4. The minimum Gasteiger partial charge on any atom is -0.479 e. The van der Waals surface area contributed by atoms with Crippen molar-refractivity contribution < 1.29 is 44.2 Å². The van der Waals surface area contributed by atoms with E-state index in [9.17, 15) is 24.9 Å². The van der Waals surface area contributed by atoms with Crippen LogP contribution in [0.2, 0.25) is 0 Å². The van der Waals surface area contributed by atoms with E-state index in [2.05, 4.69) is 5.32 Å². The molecule has 1 fully saturated rings. The lowest BCUT2D eigenvalue weighted by Gasteiger charge is -2.39. The number of aliphatic hydroxyl groups excluding tert-OH is 3. The lowest BCUT2D eigenvalue weighted by molar-refractivity contribution is -0.316. The normalized spacial score (nSPS) is 35.5. The standard InChI is InChI=1S/C14H15NO9/c16-7-8(17)10(12(20)21)23-13(9(7)18)24-14-11(19)15-5-3-1-2-4-6(5)22-14/h1-4,7-10,13-14,16-18H,(H,15,19)(H,20,21)/t7-,8-,9+,10-,13-,14?/m0/s1. The molecule has 0 bridgehead atoms. The van der Waals surface area contributed by atoms with Crippen molar-refractivity contribution in [1.82, 2.24) is 0 Å². The SMILES string of the molecule is O=C1Nc2ccccc2OC1O[C@@H]1O[C@H](C(=O)O)[C@@H](O)[C@H](O)[C@H]1O. The number of carboxylic acids is 1. The van der Waals surface area contributed by atoms with E-state index in [1.54, 1.807) is 24.3 Å². The first-order valence-electron chi connectivity index (χ1n) is 7.03. The van der Waals surface area contributed by atoms with Gasteiger partial charge in [-0.15, -0.1) is 0 Å². The fourth-order valence-corrected chi connectivity index (χ4v) is 2.41. The van der Waals surface area contributed by atoms with Gasteiger partial charge in [-0.25, -0.2) is 4.79 Å². The molecule has 10 nitrogen and oxygen atoms in total. The van der Waals surface area contributed by atoms with Crippen LogP contribution in [-0.4, -0.2) is 69.3 Å². The zero-order chi connectivity index (χ0) is 17.4. The van der Waals surface area contributed by atoms with Gasteiger partial charge in [-0.05, 0) is 12.1 Å². The molecule has 130 valence electrons. The maximum atomic E-state index is 12.0. The van der Waals surface area contributed by atoms with Crippen LogP contribution in [0.15, 0.2) is 24.3 Å². The molecule has 1 aromatic carbocycles. The van der Waals surface area contributed by atoms with E-state index in [4.69, 9.17) is 19.3 Å². The number of fused-ring (bicyclic) bond motifs is 1. The van der Waals surface area contributed by atoms with Crippen molar-refractivity contribution in [2.24, 2.45) is 0 Å². The van der Waals surface area contributed by atoms with E-state index in [1.165, 1.54) is 0 Å². The Morgan fingerprint density at radius 1 is 1.12 bits per heavy atom. The highest BCUT2D eigenvalue weighted by Crippen LogP contribution is 2.31. The summed E-state index contributed by atoms with van der Waals surface area (Å²) in [5.74, 6) is -1.94. The monoisotopic (exact) mass is 341 g/mol. The number of nitrogens with one attached hydrogen (secondary N) is 1. The van der Waals surface area contributed by atoms with Gasteiger partial charge in [-0.1, -0.05) is 12.1 Å². The van der Waals surface area contributed by atoms with Gasteiger partial charge >= 0.3 is 5.97 Å². The summed E-state index contributed by atoms with van der Waals surface area (Å²) < 4.78 is 15.4. The van der Waals surface area contributed by atoms with E-state index >= 15 is 0 Å². The smallest absolute Gasteiger partial charge is 0.335 e. The van der Waals surface area contributed by atoms with Crippen LogP contribution in [0.3, 0.4) is 0 Å². The molecule has 2 aliphatic heterocycles. The van der Waals surface area contributed by atoms with Gasteiger partial charge in [-0.2, -0.15) is 0 Å². The summed E-state index contributed by atoms with van der Waals surface area (Å²) in [6.45, 7) is 0. The number of carbonyl (C=O) groups is 2. The molecule has 2 aliphatic rings. The predicted octanol–water partition coefficient (Wildman–Crippen LogP) is -1.75. The van der Waals surface area contributed by atoms with E-state index in [-0.39, 0.29) is 0 Å². The second kappa shape index (κ2) is 6.34. The molecule has 0 saturated carbocycles. The number of carboxylic acid groups (broad SMARTS) is 1. The van der Waals surface area contributed by atoms with Gasteiger partial charge in [0.05, 0.1) is 5.69 Å². The number of aliphatic hydroxyl groups is 3. The fourth-order valence-electron chi connectivity index (χ4n) is 2.41.